The average Bonchev–Trinajstić information content (AvgIpc) is 2.36. The van der Waals surface area contributed by atoms with Gasteiger partial charge in [-0.15, -0.1) is 0 Å². The van der Waals surface area contributed by atoms with Crippen LogP contribution in [-0.2, 0) is 14.3 Å². The average molecular weight is 260 g/mol. The van der Waals surface area contributed by atoms with Gasteiger partial charge in [0, 0.05) is 32.7 Å². The van der Waals surface area contributed by atoms with E-state index in [4.69, 9.17) is 9.47 Å². The summed E-state index contributed by atoms with van der Waals surface area (Å²) in [5.41, 5.74) is 0. The van der Waals surface area contributed by atoms with E-state index in [2.05, 4.69) is 10.6 Å². The minimum absolute atomic E-state index is 0.0152. The van der Waals surface area contributed by atoms with Crippen LogP contribution in [0.5, 0.6) is 0 Å². The van der Waals surface area contributed by atoms with Crippen molar-refractivity contribution in [3.63, 3.8) is 0 Å². The molecule has 0 saturated carbocycles. The van der Waals surface area contributed by atoms with Crippen LogP contribution in [0.25, 0.3) is 0 Å². The molecule has 6 heteroatoms. The maximum absolute atomic E-state index is 11.0. The SMILES string of the molecule is COCC(C)OCC(O)CNC1CCC(=O)NC1. The Morgan fingerprint density at radius 1 is 1.56 bits per heavy atom. The van der Waals surface area contributed by atoms with E-state index >= 15 is 0 Å². The Labute approximate surface area is 108 Å². The number of piperidine rings is 1. The molecule has 0 bridgehead atoms. The number of carbonyl (C=O) groups excluding carboxylic acids is 1. The summed E-state index contributed by atoms with van der Waals surface area (Å²) >= 11 is 0. The van der Waals surface area contributed by atoms with Crippen LogP contribution in [0.4, 0.5) is 0 Å². The highest BCUT2D eigenvalue weighted by atomic mass is 16.5. The molecule has 3 unspecified atom stereocenters. The van der Waals surface area contributed by atoms with Gasteiger partial charge in [0.25, 0.3) is 0 Å². The van der Waals surface area contributed by atoms with Crippen molar-refractivity contribution in [3.05, 3.63) is 0 Å². The Morgan fingerprint density at radius 2 is 2.33 bits per heavy atom. The molecule has 6 nitrogen and oxygen atoms in total. The third-order valence-electron chi connectivity index (χ3n) is 2.88. The predicted octanol–water partition coefficient (Wildman–Crippen LogP) is -0.733. The van der Waals surface area contributed by atoms with E-state index in [9.17, 15) is 9.90 Å². The first-order valence-corrected chi connectivity index (χ1v) is 6.40. The van der Waals surface area contributed by atoms with Gasteiger partial charge in [-0.2, -0.15) is 0 Å². The maximum Gasteiger partial charge on any atom is 0.220 e. The lowest BCUT2D eigenvalue weighted by Crippen LogP contribution is -2.48. The monoisotopic (exact) mass is 260 g/mol. The van der Waals surface area contributed by atoms with E-state index in [1.165, 1.54) is 0 Å². The zero-order valence-electron chi connectivity index (χ0n) is 11.1. The first kappa shape index (κ1) is 15.4. The minimum Gasteiger partial charge on any atom is -0.389 e. The van der Waals surface area contributed by atoms with Gasteiger partial charge in [-0.1, -0.05) is 0 Å². The third kappa shape index (κ3) is 6.30. The molecule has 1 aliphatic rings. The van der Waals surface area contributed by atoms with Crippen molar-refractivity contribution in [2.75, 3.05) is 33.4 Å². The van der Waals surface area contributed by atoms with E-state index in [1.54, 1.807) is 7.11 Å². The van der Waals surface area contributed by atoms with E-state index in [-0.39, 0.29) is 24.7 Å². The van der Waals surface area contributed by atoms with Crippen LogP contribution < -0.4 is 10.6 Å². The van der Waals surface area contributed by atoms with Gasteiger partial charge < -0.3 is 25.2 Å². The summed E-state index contributed by atoms with van der Waals surface area (Å²) in [5, 5.41) is 15.7. The lowest BCUT2D eigenvalue weighted by atomic mass is 10.1. The van der Waals surface area contributed by atoms with Crippen LogP contribution in [0.2, 0.25) is 0 Å². The van der Waals surface area contributed by atoms with Gasteiger partial charge in [0.2, 0.25) is 5.91 Å². The molecule has 1 aliphatic heterocycles. The molecule has 3 N–H and O–H groups in total. The van der Waals surface area contributed by atoms with Gasteiger partial charge in [0.05, 0.1) is 25.4 Å². The van der Waals surface area contributed by atoms with E-state index < -0.39 is 6.10 Å². The van der Waals surface area contributed by atoms with Crippen molar-refractivity contribution in [2.45, 2.75) is 38.0 Å². The Bertz CT molecular complexity index is 240. The minimum atomic E-state index is -0.540. The first-order chi connectivity index (χ1) is 8.61. The van der Waals surface area contributed by atoms with Crippen molar-refractivity contribution in [3.8, 4) is 0 Å². The molecule has 0 spiro atoms. The number of aliphatic hydroxyl groups excluding tert-OH is 1. The molecule has 18 heavy (non-hydrogen) atoms. The smallest absolute Gasteiger partial charge is 0.220 e. The van der Waals surface area contributed by atoms with Crippen LogP contribution in [0.15, 0.2) is 0 Å². The number of hydrogen-bond donors (Lipinski definition) is 3. The van der Waals surface area contributed by atoms with Crippen molar-refractivity contribution < 1.29 is 19.4 Å². The lowest BCUT2D eigenvalue weighted by Gasteiger charge is -2.25. The lowest BCUT2D eigenvalue weighted by molar-refractivity contribution is -0.122. The highest BCUT2D eigenvalue weighted by Crippen LogP contribution is 2.02. The first-order valence-electron chi connectivity index (χ1n) is 6.40. The normalized spacial score (nSPS) is 23.5. The highest BCUT2D eigenvalue weighted by Gasteiger charge is 2.18. The van der Waals surface area contributed by atoms with Crippen LogP contribution >= 0.6 is 0 Å². The van der Waals surface area contributed by atoms with Gasteiger partial charge in [0.15, 0.2) is 0 Å². The molecule has 106 valence electrons. The van der Waals surface area contributed by atoms with Gasteiger partial charge in [0.1, 0.15) is 0 Å². The number of carbonyl (C=O) groups is 1. The zero-order chi connectivity index (χ0) is 13.4. The number of ether oxygens (including phenoxy) is 2. The summed E-state index contributed by atoms with van der Waals surface area (Å²) < 4.78 is 10.4. The molecule has 1 amide bonds. The van der Waals surface area contributed by atoms with Gasteiger partial charge in [-0.05, 0) is 13.3 Å². The second-order valence-corrected chi connectivity index (χ2v) is 4.70. The summed E-state index contributed by atoms with van der Waals surface area (Å²) in [6.45, 7) is 3.82. The van der Waals surface area contributed by atoms with Gasteiger partial charge >= 0.3 is 0 Å². The molecule has 1 rings (SSSR count). The topological polar surface area (TPSA) is 79.8 Å². The number of aliphatic hydroxyl groups is 1. The summed E-state index contributed by atoms with van der Waals surface area (Å²) in [4.78, 5) is 11.0. The Morgan fingerprint density at radius 3 is 2.94 bits per heavy atom. The molecular formula is C12H24N2O4. The summed E-state index contributed by atoms with van der Waals surface area (Å²) in [5.74, 6) is 0.102. The molecule has 3 atom stereocenters. The van der Waals surface area contributed by atoms with Gasteiger partial charge in [-0.25, -0.2) is 0 Å². The standard InChI is InChI=1S/C12H24N2O4/c1-9(7-17-2)18-8-11(15)6-13-10-3-4-12(16)14-5-10/h9-11,13,15H,3-8H2,1-2H3,(H,14,16). The Hall–Kier alpha value is -0.690. The fourth-order valence-electron chi connectivity index (χ4n) is 1.83. The molecule has 0 aromatic carbocycles. The van der Waals surface area contributed by atoms with Crippen molar-refractivity contribution >= 4 is 5.91 Å². The van der Waals surface area contributed by atoms with Crippen LogP contribution in [0.3, 0.4) is 0 Å². The van der Waals surface area contributed by atoms with E-state index in [1.807, 2.05) is 6.92 Å². The highest BCUT2D eigenvalue weighted by molar-refractivity contribution is 5.76. The van der Waals surface area contributed by atoms with Crippen LogP contribution in [-0.4, -0.2) is 62.7 Å². The summed E-state index contributed by atoms with van der Waals surface area (Å²) in [7, 11) is 1.62. The number of methoxy groups -OCH3 is 1. The van der Waals surface area contributed by atoms with E-state index in [0.717, 1.165) is 6.42 Å². The largest absolute Gasteiger partial charge is 0.389 e. The molecule has 1 saturated heterocycles. The molecule has 1 heterocycles. The van der Waals surface area contributed by atoms with Crippen molar-refractivity contribution in [2.24, 2.45) is 0 Å². The maximum atomic E-state index is 11.0. The molecule has 0 aromatic rings. The number of hydrogen-bond acceptors (Lipinski definition) is 5. The van der Waals surface area contributed by atoms with Crippen LogP contribution in [0.1, 0.15) is 19.8 Å². The molecule has 1 fully saturated rings. The third-order valence-corrected chi connectivity index (χ3v) is 2.88. The summed E-state index contributed by atoms with van der Waals surface area (Å²) in [6, 6.07) is 0.244. The van der Waals surface area contributed by atoms with Crippen molar-refractivity contribution in [1.29, 1.82) is 0 Å². The fraction of sp³-hybridized carbons (Fsp3) is 0.917. The molecular weight excluding hydrogens is 236 g/mol. The molecule has 0 aromatic heterocycles. The molecule has 0 aliphatic carbocycles. The predicted molar refractivity (Wildman–Crippen MR) is 67.3 cm³/mol. The molecule has 0 radical (unpaired) electrons. The zero-order valence-corrected chi connectivity index (χ0v) is 11.1. The van der Waals surface area contributed by atoms with Crippen LogP contribution in [0, 0.1) is 0 Å². The second-order valence-electron chi connectivity index (χ2n) is 4.70. The van der Waals surface area contributed by atoms with E-state index in [0.29, 0.717) is 26.1 Å². The Balaban J connectivity index is 2.05. The number of amides is 1. The second kappa shape index (κ2) is 8.42. The number of nitrogens with one attached hydrogen (secondary N) is 2. The quantitative estimate of drug-likeness (QED) is 0.536. The number of rotatable bonds is 8. The van der Waals surface area contributed by atoms with Crippen molar-refractivity contribution in [1.82, 2.24) is 10.6 Å². The fourth-order valence-corrected chi connectivity index (χ4v) is 1.83. The Kier molecular flexibility index (Phi) is 7.19. The summed E-state index contributed by atoms with van der Waals surface area (Å²) in [6.07, 6.45) is 0.815. The van der Waals surface area contributed by atoms with Gasteiger partial charge in [-0.3, -0.25) is 4.79 Å².